The number of anilines is 1. The fourth-order valence-corrected chi connectivity index (χ4v) is 3.32. The second kappa shape index (κ2) is 6.06. The summed E-state index contributed by atoms with van der Waals surface area (Å²) in [4.78, 5) is 24.9. The van der Waals surface area contributed by atoms with Gasteiger partial charge in [0.15, 0.2) is 0 Å². The highest BCUT2D eigenvalue weighted by molar-refractivity contribution is 14.1. The van der Waals surface area contributed by atoms with E-state index in [1.165, 1.54) is 30.1 Å². The van der Waals surface area contributed by atoms with Gasteiger partial charge in [0.25, 0.3) is 5.91 Å². The van der Waals surface area contributed by atoms with Crippen molar-refractivity contribution < 1.29 is 19.1 Å². The van der Waals surface area contributed by atoms with Gasteiger partial charge in [-0.25, -0.2) is 9.18 Å². The van der Waals surface area contributed by atoms with Crippen LogP contribution in [0.5, 0.6) is 0 Å². The number of carboxylic acids is 1. The number of carbonyl (C=O) groups excluding carboxylic acids is 1. The summed E-state index contributed by atoms with van der Waals surface area (Å²) in [5, 5.41) is 9.46. The van der Waals surface area contributed by atoms with Crippen LogP contribution >= 0.6 is 34.1 Å². The summed E-state index contributed by atoms with van der Waals surface area (Å²) in [7, 11) is 1.47. The van der Waals surface area contributed by atoms with E-state index in [1.54, 1.807) is 6.92 Å². The third kappa shape index (κ3) is 3.05. The Balaban J connectivity index is 2.42. The number of aromatic carboxylic acids is 1. The smallest absolute Gasteiger partial charge is 0.340 e. The van der Waals surface area contributed by atoms with Crippen LogP contribution in [0.15, 0.2) is 18.2 Å². The average Bonchev–Trinajstić information content (AvgIpc) is 2.79. The van der Waals surface area contributed by atoms with Gasteiger partial charge in [-0.05, 0) is 59.2 Å². The Bertz CT molecular complexity index is 732. The molecule has 0 saturated carbocycles. The maximum atomic E-state index is 13.1. The highest BCUT2D eigenvalue weighted by Gasteiger charge is 2.25. The third-order valence-corrected chi connectivity index (χ3v) is 4.74. The van der Waals surface area contributed by atoms with Crippen LogP contribution in [0.25, 0.3) is 0 Å². The molecule has 0 saturated heterocycles. The third-order valence-electron chi connectivity index (χ3n) is 2.83. The fourth-order valence-electron chi connectivity index (χ4n) is 1.77. The van der Waals surface area contributed by atoms with Gasteiger partial charge in [0.2, 0.25) is 0 Å². The molecular formula is C13H10FIN2O3S. The van der Waals surface area contributed by atoms with Gasteiger partial charge in [-0.2, -0.15) is 4.37 Å². The Morgan fingerprint density at radius 1 is 1.43 bits per heavy atom. The number of carboxylic acid groups (broad SMARTS) is 1. The van der Waals surface area contributed by atoms with Crippen molar-refractivity contribution in [3.05, 3.63) is 44.4 Å². The molecule has 0 unspecified atom stereocenters. The van der Waals surface area contributed by atoms with Gasteiger partial charge in [0.1, 0.15) is 16.4 Å². The second-order valence-electron chi connectivity index (χ2n) is 4.24. The van der Waals surface area contributed by atoms with Crippen LogP contribution in [0.3, 0.4) is 0 Å². The summed E-state index contributed by atoms with van der Waals surface area (Å²) in [5.74, 6) is -1.98. The zero-order valence-corrected chi connectivity index (χ0v) is 14.0. The molecule has 1 aromatic carbocycles. The van der Waals surface area contributed by atoms with Crippen LogP contribution in [0, 0.1) is 16.3 Å². The molecule has 0 aliphatic rings. The molecule has 0 aliphatic heterocycles. The second-order valence-corrected chi connectivity index (χ2v) is 6.16. The van der Waals surface area contributed by atoms with Gasteiger partial charge in [-0.3, -0.25) is 4.79 Å². The SMILES string of the molecule is Cc1nsc(N(C)C(=O)c2ccc(F)cc2I)c1C(=O)O. The molecule has 110 valence electrons. The van der Waals surface area contributed by atoms with Gasteiger partial charge in [-0.1, -0.05) is 0 Å². The van der Waals surface area contributed by atoms with Crippen LogP contribution < -0.4 is 4.90 Å². The first-order valence-electron chi connectivity index (χ1n) is 5.75. The van der Waals surface area contributed by atoms with Crippen molar-refractivity contribution in [2.24, 2.45) is 0 Å². The zero-order chi connectivity index (χ0) is 15.7. The average molecular weight is 420 g/mol. The predicted molar refractivity (Wildman–Crippen MR) is 85.7 cm³/mol. The minimum atomic E-state index is -1.13. The normalized spacial score (nSPS) is 10.5. The topological polar surface area (TPSA) is 70.5 Å². The minimum absolute atomic E-state index is 0.00738. The van der Waals surface area contributed by atoms with Gasteiger partial charge >= 0.3 is 5.97 Å². The molecule has 0 atom stereocenters. The number of aryl methyl sites for hydroxylation is 1. The standard InChI is InChI=1S/C13H10FIN2O3S/c1-6-10(13(19)20)12(21-16-6)17(2)11(18)8-4-3-7(14)5-9(8)15/h3-5H,1-2H3,(H,19,20). The van der Waals surface area contributed by atoms with Gasteiger partial charge in [0.05, 0.1) is 11.3 Å². The molecule has 5 nitrogen and oxygen atoms in total. The Hall–Kier alpha value is -1.55. The number of aromatic nitrogens is 1. The fraction of sp³-hybridized carbons (Fsp3) is 0.154. The Morgan fingerprint density at radius 2 is 2.10 bits per heavy atom. The van der Waals surface area contributed by atoms with Crippen molar-refractivity contribution in [3.8, 4) is 0 Å². The molecule has 2 aromatic rings. The van der Waals surface area contributed by atoms with Gasteiger partial charge in [-0.15, -0.1) is 0 Å². The first kappa shape index (κ1) is 15.8. The lowest BCUT2D eigenvalue weighted by Gasteiger charge is -2.16. The van der Waals surface area contributed by atoms with Crippen molar-refractivity contribution in [1.29, 1.82) is 0 Å². The van der Waals surface area contributed by atoms with Crippen molar-refractivity contribution >= 4 is 51.0 Å². The van der Waals surface area contributed by atoms with E-state index in [9.17, 15) is 19.1 Å². The van der Waals surface area contributed by atoms with E-state index in [4.69, 9.17) is 0 Å². The van der Waals surface area contributed by atoms with E-state index < -0.39 is 17.7 Å². The van der Waals surface area contributed by atoms with E-state index in [-0.39, 0.29) is 10.6 Å². The number of benzene rings is 1. The first-order valence-corrected chi connectivity index (χ1v) is 7.60. The van der Waals surface area contributed by atoms with Crippen LogP contribution in [0.4, 0.5) is 9.39 Å². The van der Waals surface area contributed by atoms with Crippen molar-refractivity contribution in [2.45, 2.75) is 6.92 Å². The van der Waals surface area contributed by atoms with Crippen LogP contribution in [-0.4, -0.2) is 28.4 Å². The number of hydrogen-bond donors (Lipinski definition) is 1. The summed E-state index contributed by atoms with van der Waals surface area (Å²) in [6.07, 6.45) is 0. The monoisotopic (exact) mass is 420 g/mol. The molecule has 2 rings (SSSR count). The molecule has 0 radical (unpaired) electrons. The van der Waals surface area contributed by atoms with Crippen LogP contribution in [-0.2, 0) is 0 Å². The molecule has 1 heterocycles. The number of rotatable bonds is 3. The molecular weight excluding hydrogens is 410 g/mol. The predicted octanol–water partition coefficient (Wildman–Crippen LogP) is 3.17. The maximum Gasteiger partial charge on any atom is 0.340 e. The molecule has 1 aromatic heterocycles. The molecule has 0 fully saturated rings. The van der Waals surface area contributed by atoms with Crippen molar-refractivity contribution in [1.82, 2.24) is 4.37 Å². The Kier molecular flexibility index (Phi) is 4.57. The Labute approximate surface area is 137 Å². The first-order chi connectivity index (χ1) is 9.82. The largest absolute Gasteiger partial charge is 0.478 e. The summed E-state index contributed by atoms with van der Waals surface area (Å²) in [5.41, 5.74) is 0.672. The highest BCUT2D eigenvalue weighted by atomic mass is 127. The summed E-state index contributed by atoms with van der Waals surface area (Å²) in [6, 6.07) is 3.82. The van der Waals surface area contributed by atoms with Gasteiger partial charge < -0.3 is 10.0 Å². The number of nitrogens with zero attached hydrogens (tertiary/aromatic N) is 2. The summed E-state index contributed by atoms with van der Waals surface area (Å²) in [6.45, 7) is 1.57. The van der Waals surface area contributed by atoms with E-state index in [0.717, 1.165) is 11.5 Å². The van der Waals surface area contributed by atoms with Crippen molar-refractivity contribution in [2.75, 3.05) is 11.9 Å². The minimum Gasteiger partial charge on any atom is -0.478 e. The number of halogens is 2. The molecule has 1 amide bonds. The highest BCUT2D eigenvalue weighted by Crippen LogP contribution is 2.29. The Morgan fingerprint density at radius 3 is 2.67 bits per heavy atom. The molecule has 0 bridgehead atoms. The number of amides is 1. The molecule has 0 spiro atoms. The van der Waals surface area contributed by atoms with E-state index >= 15 is 0 Å². The van der Waals surface area contributed by atoms with E-state index in [2.05, 4.69) is 4.37 Å². The van der Waals surface area contributed by atoms with Crippen LogP contribution in [0.1, 0.15) is 26.4 Å². The maximum absolute atomic E-state index is 13.1. The molecule has 0 aliphatic carbocycles. The van der Waals surface area contributed by atoms with E-state index in [0.29, 0.717) is 14.8 Å². The number of hydrogen-bond acceptors (Lipinski definition) is 4. The zero-order valence-electron chi connectivity index (χ0n) is 11.1. The van der Waals surface area contributed by atoms with Crippen molar-refractivity contribution in [3.63, 3.8) is 0 Å². The quantitative estimate of drug-likeness (QED) is 0.775. The number of carbonyl (C=O) groups is 2. The molecule has 1 N–H and O–H groups in total. The molecule has 8 heteroatoms. The van der Waals surface area contributed by atoms with Crippen LogP contribution in [0.2, 0.25) is 0 Å². The summed E-state index contributed by atoms with van der Waals surface area (Å²) >= 11 is 2.81. The van der Waals surface area contributed by atoms with Gasteiger partial charge in [0, 0.05) is 10.6 Å². The summed E-state index contributed by atoms with van der Waals surface area (Å²) < 4.78 is 17.5. The lowest BCUT2D eigenvalue weighted by atomic mass is 10.2. The lowest BCUT2D eigenvalue weighted by Crippen LogP contribution is -2.27. The molecule has 21 heavy (non-hydrogen) atoms. The van der Waals surface area contributed by atoms with E-state index in [1.807, 2.05) is 22.6 Å². The lowest BCUT2D eigenvalue weighted by molar-refractivity contribution is 0.0697.